The number of nitrogens with zero attached hydrogens (tertiary/aromatic N) is 8. The zero-order chi connectivity index (χ0) is 12.8. The molecular formula is C6H4N8O4. The van der Waals surface area contributed by atoms with Crippen molar-refractivity contribution < 1.29 is 19.7 Å². The highest BCUT2D eigenvalue weighted by Crippen LogP contribution is 2.17. The van der Waals surface area contributed by atoms with Gasteiger partial charge in [-0.15, -0.1) is 10.2 Å². The summed E-state index contributed by atoms with van der Waals surface area (Å²) in [4.78, 5) is 0. The molecule has 0 radical (unpaired) electrons. The number of azo groups is 1. The summed E-state index contributed by atoms with van der Waals surface area (Å²) in [7, 11) is 0. The molecule has 2 heterocycles. The van der Waals surface area contributed by atoms with Crippen LogP contribution in [-0.2, 0) is 0 Å². The zero-order valence-corrected chi connectivity index (χ0v) is 8.44. The first-order valence-electron chi connectivity index (χ1n) is 4.27. The van der Waals surface area contributed by atoms with Gasteiger partial charge in [-0.3, -0.25) is 0 Å². The molecule has 2 aromatic heterocycles. The fraction of sp³-hybridized carbons (Fsp3) is 0. The van der Waals surface area contributed by atoms with Gasteiger partial charge in [0.25, 0.3) is 0 Å². The van der Waals surface area contributed by atoms with E-state index in [-0.39, 0.29) is 23.0 Å². The van der Waals surface area contributed by atoms with Crippen LogP contribution in [0.1, 0.15) is 11.4 Å². The molecule has 0 fully saturated rings. The molecule has 0 saturated heterocycles. The molecular weight excluding hydrogens is 248 g/mol. The Morgan fingerprint density at radius 1 is 0.778 bits per heavy atom. The van der Waals surface area contributed by atoms with Gasteiger partial charge in [-0.25, -0.2) is 9.26 Å². The van der Waals surface area contributed by atoms with Gasteiger partial charge in [0.05, 0.1) is 12.4 Å². The summed E-state index contributed by atoms with van der Waals surface area (Å²) in [6.07, 6.45) is 1.92. The van der Waals surface area contributed by atoms with E-state index in [2.05, 4.69) is 50.4 Å². The summed E-state index contributed by atoms with van der Waals surface area (Å²) in [5, 5.41) is 43.0. The Morgan fingerprint density at radius 3 is 1.61 bits per heavy atom. The Bertz CT molecular complexity index is 546. The molecule has 0 amide bonds. The molecule has 0 unspecified atom stereocenters. The molecule has 2 rings (SSSR count). The molecule has 0 saturated carbocycles. The van der Waals surface area contributed by atoms with Crippen LogP contribution >= 0.6 is 0 Å². The summed E-state index contributed by atoms with van der Waals surface area (Å²) in [6.45, 7) is 0. The third-order valence-electron chi connectivity index (χ3n) is 1.59. The second kappa shape index (κ2) is 5.24. The van der Waals surface area contributed by atoms with E-state index in [0.29, 0.717) is 0 Å². The zero-order valence-electron chi connectivity index (χ0n) is 8.44. The molecule has 0 bridgehead atoms. The van der Waals surface area contributed by atoms with Gasteiger partial charge in [0.15, 0.2) is 11.4 Å². The maximum Gasteiger partial charge on any atom is 0.246 e. The quantitative estimate of drug-likeness (QED) is 0.342. The van der Waals surface area contributed by atoms with Crippen molar-refractivity contribution in [2.45, 2.75) is 0 Å². The van der Waals surface area contributed by atoms with E-state index < -0.39 is 0 Å². The first-order chi connectivity index (χ1) is 8.85. The molecule has 0 aliphatic carbocycles. The van der Waals surface area contributed by atoms with Gasteiger partial charge in [0, 0.05) is 0 Å². The average molecular weight is 252 g/mol. The van der Waals surface area contributed by atoms with Crippen molar-refractivity contribution in [2.75, 3.05) is 0 Å². The number of aromatic nitrogens is 4. The third-order valence-corrected chi connectivity index (χ3v) is 1.59. The minimum Gasteiger partial charge on any atom is -0.411 e. The molecule has 12 nitrogen and oxygen atoms in total. The number of hydrogen-bond donors (Lipinski definition) is 2. The Hall–Kier alpha value is -3.18. The molecule has 92 valence electrons. The average Bonchev–Trinajstić information content (AvgIpc) is 2.97. The maximum atomic E-state index is 8.33. The Labute approximate surface area is 97.2 Å². The Kier molecular flexibility index (Phi) is 3.29. The first kappa shape index (κ1) is 11.3. The number of oxime groups is 2. The van der Waals surface area contributed by atoms with Crippen LogP contribution in [0, 0.1) is 0 Å². The number of hydrogen-bond acceptors (Lipinski definition) is 12. The summed E-state index contributed by atoms with van der Waals surface area (Å²) < 4.78 is 8.73. The van der Waals surface area contributed by atoms with E-state index in [1.165, 1.54) is 0 Å². The summed E-state index contributed by atoms with van der Waals surface area (Å²) >= 11 is 0. The molecule has 18 heavy (non-hydrogen) atoms. The second-order valence-corrected chi connectivity index (χ2v) is 2.64. The fourth-order valence-corrected chi connectivity index (χ4v) is 0.887. The van der Waals surface area contributed by atoms with Gasteiger partial charge in [0.1, 0.15) is 0 Å². The molecule has 2 aromatic rings. The monoisotopic (exact) mass is 252 g/mol. The van der Waals surface area contributed by atoms with Crippen LogP contribution in [0.15, 0.2) is 29.8 Å². The normalized spacial score (nSPS) is 12.2. The van der Waals surface area contributed by atoms with Crippen molar-refractivity contribution in [3.05, 3.63) is 11.4 Å². The van der Waals surface area contributed by atoms with Crippen LogP contribution in [-0.4, -0.2) is 43.5 Å². The van der Waals surface area contributed by atoms with Crippen molar-refractivity contribution in [1.82, 2.24) is 20.6 Å². The maximum absolute atomic E-state index is 8.33. The predicted octanol–water partition coefficient (Wildman–Crippen LogP) is 0.484. The summed E-state index contributed by atoms with van der Waals surface area (Å²) in [5.41, 5.74) is 0.130. The molecule has 12 heteroatoms. The molecule has 0 spiro atoms. The molecule has 0 aromatic carbocycles. The van der Waals surface area contributed by atoms with Gasteiger partial charge < -0.3 is 10.4 Å². The molecule has 0 atom stereocenters. The Balaban J connectivity index is 2.24. The number of rotatable bonds is 4. The SMILES string of the molecule is O/N=C/c1nonc1N=Nc1nonc1/C=N/O. The van der Waals surface area contributed by atoms with Crippen LogP contribution < -0.4 is 0 Å². The van der Waals surface area contributed by atoms with E-state index in [9.17, 15) is 0 Å². The third kappa shape index (κ3) is 2.31. The van der Waals surface area contributed by atoms with Gasteiger partial charge in [0.2, 0.25) is 11.6 Å². The first-order valence-corrected chi connectivity index (χ1v) is 4.27. The van der Waals surface area contributed by atoms with Gasteiger partial charge in [-0.2, -0.15) is 0 Å². The van der Waals surface area contributed by atoms with Crippen molar-refractivity contribution >= 4 is 24.1 Å². The minimum absolute atomic E-state index is 0.0392. The van der Waals surface area contributed by atoms with E-state index in [1.54, 1.807) is 0 Å². The van der Waals surface area contributed by atoms with Gasteiger partial charge in [-0.1, -0.05) is 10.3 Å². The van der Waals surface area contributed by atoms with E-state index in [4.69, 9.17) is 10.4 Å². The van der Waals surface area contributed by atoms with Crippen LogP contribution in [0.3, 0.4) is 0 Å². The molecule has 0 aliphatic heterocycles. The van der Waals surface area contributed by atoms with E-state index >= 15 is 0 Å². The van der Waals surface area contributed by atoms with E-state index in [1.807, 2.05) is 0 Å². The molecule has 2 N–H and O–H groups in total. The van der Waals surface area contributed by atoms with Crippen LogP contribution in [0.2, 0.25) is 0 Å². The highest BCUT2D eigenvalue weighted by Gasteiger charge is 2.10. The van der Waals surface area contributed by atoms with Crippen molar-refractivity contribution in [2.24, 2.45) is 20.5 Å². The van der Waals surface area contributed by atoms with Crippen molar-refractivity contribution in [1.29, 1.82) is 0 Å². The van der Waals surface area contributed by atoms with Crippen molar-refractivity contribution in [3.8, 4) is 0 Å². The standard InChI is InChI=1S/C6H4N8O4/c15-7-1-3-5(13-17-11-3)9-10-6-4(2-8-16)12-18-14-6/h1-2,15-16H/b7-1+,8-2+,10-9?. The minimum atomic E-state index is -0.0392. The smallest absolute Gasteiger partial charge is 0.246 e. The largest absolute Gasteiger partial charge is 0.411 e. The van der Waals surface area contributed by atoms with Crippen molar-refractivity contribution in [3.63, 3.8) is 0 Å². The van der Waals surface area contributed by atoms with Crippen LogP contribution in [0.25, 0.3) is 0 Å². The lowest BCUT2D eigenvalue weighted by Crippen LogP contribution is -1.81. The highest BCUT2D eigenvalue weighted by molar-refractivity contribution is 5.82. The van der Waals surface area contributed by atoms with Gasteiger partial charge >= 0.3 is 0 Å². The summed E-state index contributed by atoms with van der Waals surface area (Å²) in [5.74, 6) is -0.0784. The summed E-state index contributed by atoms with van der Waals surface area (Å²) in [6, 6.07) is 0. The predicted molar refractivity (Wildman–Crippen MR) is 51.5 cm³/mol. The molecule has 0 aliphatic rings. The van der Waals surface area contributed by atoms with E-state index in [0.717, 1.165) is 12.4 Å². The topological polar surface area (TPSA) is 168 Å². The van der Waals surface area contributed by atoms with Crippen LogP contribution in [0.4, 0.5) is 11.6 Å². The lowest BCUT2D eigenvalue weighted by molar-refractivity contribution is 0.304. The fourth-order valence-electron chi connectivity index (χ4n) is 0.887. The second-order valence-electron chi connectivity index (χ2n) is 2.64. The lowest BCUT2D eigenvalue weighted by atomic mass is 10.5. The van der Waals surface area contributed by atoms with Gasteiger partial charge in [-0.05, 0) is 20.6 Å². The Morgan fingerprint density at radius 2 is 1.22 bits per heavy atom. The van der Waals surface area contributed by atoms with Crippen LogP contribution in [0.5, 0.6) is 0 Å². The lowest BCUT2D eigenvalue weighted by Gasteiger charge is -1.83. The highest BCUT2D eigenvalue weighted by atomic mass is 16.6.